The minimum atomic E-state index is 0.285. The Morgan fingerprint density at radius 3 is 3.00 bits per heavy atom. The van der Waals surface area contributed by atoms with E-state index in [2.05, 4.69) is 15.6 Å². The SMILES string of the molecule is O=C1CCCN1CCCNc1nc(-c2ccccn2)nc2c1CCNC2. The van der Waals surface area contributed by atoms with Crippen molar-refractivity contribution < 1.29 is 4.79 Å². The van der Waals surface area contributed by atoms with Crippen LogP contribution in [0, 0.1) is 0 Å². The molecule has 2 aliphatic rings. The van der Waals surface area contributed by atoms with Crippen molar-refractivity contribution in [3.63, 3.8) is 0 Å². The summed E-state index contributed by atoms with van der Waals surface area (Å²) in [6, 6.07) is 5.77. The fraction of sp³-hybridized carbons (Fsp3) is 0.474. The molecule has 1 amide bonds. The molecular weight excluding hydrogens is 328 g/mol. The molecule has 0 aromatic carbocycles. The molecule has 4 rings (SSSR count). The number of nitrogens with one attached hydrogen (secondary N) is 2. The Kier molecular flexibility index (Phi) is 5.06. The average molecular weight is 352 g/mol. The lowest BCUT2D eigenvalue weighted by molar-refractivity contribution is -0.127. The fourth-order valence-corrected chi connectivity index (χ4v) is 3.53. The van der Waals surface area contributed by atoms with Gasteiger partial charge in [0.1, 0.15) is 11.5 Å². The second-order valence-corrected chi connectivity index (χ2v) is 6.73. The van der Waals surface area contributed by atoms with E-state index in [-0.39, 0.29) is 5.91 Å². The first-order chi connectivity index (χ1) is 12.8. The molecule has 136 valence electrons. The molecule has 0 saturated carbocycles. The zero-order valence-electron chi connectivity index (χ0n) is 14.9. The summed E-state index contributed by atoms with van der Waals surface area (Å²) in [4.78, 5) is 27.5. The summed E-state index contributed by atoms with van der Waals surface area (Å²) in [6.07, 6.45) is 5.29. The molecule has 1 fully saturated rings. The molecule has 2 aromatic heterocycles. The summed E-state index contributed by atoms with van der Waals surface area (Å²) in [7, 11) is 0. The number of anilines is 1. The Labute approximate surface area is 153 Å². The molecule has 0 atom stereocenters. The van der Waals surface area contributed by atoms with Crippen molar-refractivity contribution in [2.75, 3.05) is 31.5 Å². The number of likely N-dealkylation sites (tertiary alicyclic amines) is 1. The third kappa shape index (κ3) is 3.67. The minimum Gasteiger partial charge on any atom is -0.370 e. The normalized spacial score (nSPS) is 16.6. The van der Waals surface area contributed by atoms with E-state index < -0.39 is 0 Å². The first-order valence-corrected chi connectivity index (χ1v) is 9.35. The van der Waals surface area contributed by atoms with E-state index in [1.807, 2.05) is 23.1 Å². The summed E-state index contributed by atoms with van der Waals surface area (Å²) in [5.74, 6) is 1.85. The summed E-state index contributed by atoms with van der Waals surface area (Å²) >= 11 is 0. The molecule has 4 heterocycles. The fourth-order valence-electron chi connectivity index (χ4n) is 3.53. The van der Waals surface area contributed by atoms with Gasteiger partial charge in [0.05, 0.1) is 5.69 Å². The van der Waals surface area contributed by atoms with Crippen LogP contribution in [0.3, 0.4) is 0 Å². The zero-order chi connectivity index (χ0) is 17.8. The highest BCUT2D eigenvalue weighted by Gasteiger charge is 2.20. The van der Waals surface area contributed by atoms with Crippen LogP contribution in [-0.2, 0) is 17.8 Å². The van der Waals surface area contributed by atoms with Gasteiger partial charge in [-0.05, 0) is 37.9 Å². The van der Waals surface area contributed by atoms with Crippen molar-refractivity contribution in [3.8, 4) is 11.5 Å². The number of carbonyl (C=O) groups excluding carboxylic acids is 1. The summed E-state index contributed by atoms with van der Waals surface area (Å²) in [5.41, 5.74) is 3.02. The standard InChI is InChI=1S/C19H24N6O/c26-17-6-3-11-25(17)12-4-9-22-18-14-7-10-20-13-16(14)23-19(24-18)15-5-1-2-8-21-15/h1-2,5,8,20H,3-4,6-7,9-13H2,(H,22,23,24). The van der Waals surface area contributed by atoms with Gasteiger partial charge in [0, 0.05) is 44.4 Å². The van der Waals surface area contributed by atoms with Gasteiger partial charge in [-0.15, -0.1) is 0 Å². The van der Waals surface area contributed by atoms with Crippen LogP contribution in [-0.4, -0.2) is 51.9 Å². The minimum absolute atomic E-state index is 0.285. The third-order valence-corrected chi connectivity index (χ3v) is 4.90. The maximum absolute atomic E-state index is 11.7. The van der Waals surface area contributed by atoms with Crippen LogP contribution >= 0.6 is 0 Å². The van der Waals surface area contributed by atoms with Crippen LogP contribution in [0.2, 0.25) is 0 Å². The van der Waals surface area contributed by atoms with Gasteiger partial charge < -0.3 is 15.5 Å². The number of rotatable bonds is 6. The Balaban J connectivity index is 1.48. The van der Waals surface area contributed by atoms with Crippen LogP contribution in [0.1, 0.15) is 30.5 Å². The Morgan fingerprint density at radius 2 is 2.19 bits per heavy atom. The van der Waals surface area contributed by atoms with Crippen molar-refractivity contribution in [3.05, 3.63) is 35.7 Å². The van der Waals surface area contributed by atoms with Gasteiger partial charge in [0.2, 0.25) is 5.91 Å². The van der Waals surface area contributed by atoms with E-state index in [9.17, 15) is 4.79 Å². The molecule has 1 saturated heterocycles. The van der Waals surface area contributed by atoms with Gasteiger partial charge in [-0.25, -0.2) is 9.97 Å². The second kappa shape index (κ2) is 7.78. The predicted octanol–water partition coefficient (Wildman–Crippen LogP) is 1.61. The topological polar surface area (TPSA) is 83.0 Å². The Bertz CT molecular complexity index is 779. The van der Waals surface area contributed by atoms with Gasteiger partial charge >= 0.3 is 0 Å². The van der Waals surface area contributed by atoms with E-state index in [4.69, 9.17) is 9.97 Å². The number of amides is 1. The molecule has 2 N–H and O–H groups in total. The molecule has 7 heteroatoms. The third-order valence-electron chi connectivity index (χ3n) is 4.90. The van der Waals surface area contributed by atoms with Gasteiger partial charge in [-0.3, -0.25) is 9.78 Å². The monoisotopic (exact) mass is 352 g/mol. The first kappa shape index (κ1) is 16.9. The zero-order valence-corrected chi connectivity index (χ0v) is 14.9. The van der Waals surface area contributed by atoms with Crippen molar-refractivity contribution in [2.24, 2.45) is 0 Å². The highest BCUT2D eigenvalue weighted by molar-refractivity contribution is 5.78. The molecule has 0 bridgehead atoms. The van der Waals surface area contributed by atoms with Crippen LogP contribution in [0.4, 0.5) is 5.82 Å². The van der Waals surface area contributed by atoms with E-state index in [0.29, 0.717) is 12.2 Å². The lowest BCUT2D eigenvalue weighted by Crippen LogP contribution is -2.28. The van der Waals surface area contributed by atoms with Crippen molar-refractivity contribution >= 4 is 11.7 Å². The van der Waals surface area contributed by atoms with Crippen molar-refractivity contribution in [1.82, 2.24) is 25.2 Å². The number of hydrogen-bond donors (Lipinski definition) is 2. The Morgan fingerprint density at radius 1 is 1.23 bits per heavy atom. The lowest BCUT2D eigenvalue weighted by Gasteiger charge is -2.21. The Hall–Kier alpha value is -2.54. The maximum atomic E-state index is 11.7. The molecule has 0 aliphatic carbocycles. The first-order valence-electron chi connectivity index (χ1n) is 9.35. The highest BCUT2D eigenvalue weighted by Crippen LogP contribution is 2.24. The largest absolute Gasteiger partial charge is 0.370 e. The van der Waals surface area contributed by atoms with Gasteiger partial charge in [0.15, 0.2) is 5.82 Å². The molecular formula is C19H24N6O. The van der Waals surface area contributed by atoms with Crippen LogP contribution in [0.5, 0.6) is 0 Å². The summed E-state index contributed by atoms with van der Waals surface area (Å²) in [6.45, 7) is 4.21. The van der Waals surface area contributed by atoms with E-state index in [0.717, 1.165) is 69.2 Å². The smallest absolute Gasteiger partial charge is 0.222 e. The summed E-state index contributed by atoms with van der Waals surface area (Å²) < 4.78 is 0. The average Bonchev–Trinajstić information content (AvgIpc) is 3.10. The summed E-state index contributed by atoms with van der Waals surface area (Å²) in [5, 5.41) is 6.85. The van der Waals surface area contributed by atoms with Crippen LogP contribution < -0.4 is 10.6 Å². The van der Waals surface area contributed by atoms with Gasteiger partial charge in [0.25, 0.3) is 0 Å². The number of pyridine rings is 1. The number of carbonyl (C=O) groups is 1. The predicted molar refractivity (Wildman–Crippen MR) is 99.6 cm³/mol. The van der Waals surface area contributed by atoms with E-state index in [1.165, 1.54) is 5.56 Å². The van der Waals surface area contributed by atoms with Crippen molar-refractivity contribution in [1.29, 1.82) is 0 Å². The quantitative estimate of drug-likeness (QED) is 0.769. The van der Waals surface area contributed by atoms with Gasteiger partial charge in [-0.2, -0.15) is 0 Å². The molecule has 0 unspecified atom stereocenters. The molecule has 7 nitrogen and oxygen atoms in total. The number of nitrogens with zero attached hydrogens (tertiary/aromatic N) is 4. The van der Waals surface area contributed by atoms with E-state index >= 15 is 0 Å². The van der Waals surface area contributed by atoms with E-state index in [1.54, 1.807) is 6.20 Å². The highest BCUT2D eigenvalue weighted by atomic mass is 16.2. The molecule has 0 radical (unpaired) electrons. The molecule has 2 aromatic rings. The lowest BCUT2D eigenvalue weighted by atomic mass is 10.1. The van der Waals surface area contributed by atoms with Crippen LogP contribution in [0.25, 0.3) is 11.5 Å². The molecule has 0 spiro atoms. The number of aromatic nitrogens is 3. The second-order valence-electron chi connectivity index (χ2n) is 6.73. The maximum Gasteiger partial charge on any atom is 0.222 e. The van der Waals surface area contributed by atoms with Crippen molar-refractivity contribution in [2.45, 2.75) is 32.2 Å². The van der Waals surface area contributed by atoms with Crippen LogP contribution in [0.15, 0.2) is 24.4 Å². The number of hydrogen-bond acceptors (Lipinski definition) is 6. The molecule has 26 heavy (non-hydrogen) atoms. The molecule has 2 aliphatic heterocycles. The number of fused-ring (bicyclic) bond motifs is 1. The van der Waals surface area contributed by atoms with Gasteiger partial charge in [-0.1, -0.05) is 6.07 Å².